The van der Waals surface area contributed by atoms with Crippen molar-refractivity contribution < 1.29 is 14.3 Å². The molecule has 0 radical (unpaired) electrons. The maximum absolute atomic E-state index is 13.3. The largest absolute Gasteiger partial charge is 0.497 e. The number of rotatable bonds is 5. The zero-order valence-corrected chi connectivity index (χ0v) is 18.5. The number of carbonyl (C=O) groups is 1. The first-order valence-corrected chi connectivity index (χ1v) is 10.7. The van der Waals surface area contributed by atoms with E-state index in [1.165, 1.54) is 11.8 Å². The first-order valence-electron chi connectivity index (χ1n) is 9.47. The third kappa shape index (κ3) is 3.41. The third-order valence-corrected chi connectivity index (χ3v) is 6.08. The Kier molecular flexibility index (Phi) is 5.42. The van der Waals surface area contributed by atoms with Crippen LogP contribution in [0.1, 0.15) is 21.6 Å². The fraction of sp³-hybridized carbons (Fsp3) is 0.400. The zero-order chi connectivity index (χ0) is 21.4. The summed E-state index contributed by atoms with van der Waals surface area (Å²) in [4.78, 5) is 15.1. The van der Waals surface area contributed by atoms with E-state index in [1.54, 1.807) is 32.4 Å². The second-order valence-corrected chi connectivity index (χ2v) is 7.82. The minimum atomic E-state index is -0.0737. The lowest BCUT2D eigenvalue weighted by atomic mass is 10.0. The quantitative estimate of drug-likeness (QED) is 0.576. The summed E-state index contributed by atoms with van der Waals surface area (Å²) >= 11 is 1.53. The molecule has 10 heteroatoms. The third-order valence-electron chi connectivity index (χ3n) is 5.36. The number of carbonyl (C=O) groups excluding carboxylic acids is 1. The van der Waals surface area contributed by atoms with Crippen molar-refractivity contribution in [2.24, 2.45) is 14.1 Å². The molecule has 0 atom stereocenters. The van der Waals surface area contributed by atoms with Gasteiger partial charge in [0.2, 0.25) is 0 Å². The van der Waals surface area contributed by atoms with Gasteiger partial charge in [0.1, 0.15) is 17.2 Å². The SMILES string of the molecule is COc1cc(OC)cc(C(=O)N2CCc3c(c(-c4nnc(SC)n4C)nn3C)C2)c1. The topological polar surface area (TPSA) is 87.3 Å². The highest BCUT2D eigenvalue weighted by molar-refractivity contribution is 7.98. The molecule has 0 N–H and O–H groups in total. The van der Waals surface area contributed by atoms with Crippen LogP contribution in [0, 0.1) is 0 Å². The molecule has 1 amide bonds. The van der Waals surface area contributed by atoms with E-state index >= 15 is 0 Å². The van der Waals surface area contributed by atoms with Crippen molar-refractivity contribution in [3.05, 3.63) is 35.0 Å². The Morgan fingerprint density at radius 3 is 2.40 bits per heavy atom. The lowest BCUT2D eigenvalue weighted by molar-refractivity contribution is 0.0733. The number of aromatic nitrogens is 5. The van der Waals surface area contributed by atoms with Gasteiger partial charge in [0.15, 0.2) is 11.0 Å². The van der Waals surface area contributed by atoms with E-state index in [0.29, 0.717) is 36.0 Å². The summed E-state index contributed by atoms with van der Waals surface area (Å²) in [5, 5.41) is 14.1. The van der Waals surface area contributed by atoms with Crippen LogP contribution in [-0.2, 0) is 27.1 Å². The fourth-order valence-corrected chi connectivity index (χ4v) is 4.24. The van der Waals surface area contributed by atoms with E-state index in [9.17, 15) is 4.79 Å². The number of nitrogens with zero attached hydrogens (tertiary/aromatic N) is 6. The van der Waals surface area contributed by atoms with Crippen LogP contribution in [0.5, 0.6) is 11.5 Å². The number of ether oxygens (including phenoxy) is 2. The van der Waals surface area contributed by atoms with Crippen molar-refractivity contribution in [2.45, 2.75) is 18.1 Å². The Bertz CT molecular complexity index is 1080. The molecule has 4 rings (SSSR count). The highest BCUT2D eigenvalue weighted by Crippen LogP contribution is 2.31. The maximum Gasteiger partial charge on any atom is 0.254 e. The normalized spacial score (nSPS) is 13.3. The number of benzene rings is 1. The van der Waals surface area contributed by atoms with Crippen LogP contribution >= 0.6 is 11.8 Å². The summed E-state index contributed by atoms with van der Waals surface area (Å²) in [6.07, 6.45) is 2.68. The second kappa shape index (κ2) is 8.02. The molecule has 0 spiro atoms. The Morgan fingerprint density at radius 2 is 1.80 bits per heavy atom. The molecule has 9 nitrogen and oxygen atoms in total. The minimum Gasteiger partial charge on any atom is -0.497 e. The first-order chi connectivity index (χ1) is 14.5. The average molecular weight is 429 g/mol. The molecule has 1 aromatic carbocycles. The van der Waals surface area contributed by atoms with E-state index in [1.807, 2.05) is 34.5 Å². The van der Waals surface area contributed by atoms with Gasteiger partial charge < -0.3 is 18.9 Å². The van der Waals surface area contributed by atoms with Gasteiger partial charge in [0.25, 0.3) is 5.91 Å². The summed E-state index contributed by atoms with van der Waals surface area (Å²) in [6.45, 7) is 1.07. The van der Waals surface area contributed by atoms with Crippen molar-refractivity contribution in [3.63, 3.8) is 0 Å². The number of methoxy groups -OCH3 is 2. The Balaban J connectivity index is 1.68. The van der Waals surface area contributed by atoms with Gasteiger partial charge in [-0.15, -0.1) is 10.2 Å². The molecule has 0 unspecified atom stereocenters. The molecule has 0 fully saturated rings. The van der Waals surface area contributed by atoms with Gasteiger partial charge in [0, 0.05) is 49.9 Å². The van der Waals surface area contributed by atoms with E-state index in [4.69, 9.17) is 14.6 Å². The van der Waals surface area contributed by atoms with E-state index in [2.05, 4.69) is 10.2 Å². The lowest BCUT2D eigenvalue weighted by Gasteiger charge is -2.28. The summed E-state index contributed by atoms with van der Waals surface area (Å²) in [6, 6.07) is 5.22. The van der Waals surface area contributed by atoms with Gasteiger partial charge in [-0.3, -0.25) is 9.48 Å². The maximum atomic E-state index is 13.3. The highest BCUT2D eigenvalue weighted by Gasteiger charge is 2.30. The molecule has 1 aliphatic heterocycles. The molecule has 3 heterocycles. The standard InChI is InChI=1S/C20H24N6O3S/c1-24-18(21-22-20(24)30-5)17-15-11-26(7-6-16(15)25(2)23-17)19(27)12-8-13(28-3)10-14(9-12)29-4/h8-10H,6-7,11H2,1-5H3. The molecule has 2 aromatic heterocycles. The highest BCUT2D eigenvalue weighted by atomic mass is 32.2. The fourth-order valence-electron chi connectivity index (χ4n) is 3.76. The van der Waals surface area contributed by atoms with Crippen molar-refractivity contribution >= 4 is 17.7 Å². The van der Waals surface area contributed by atoms with Crippen LogP contribution in [0.2, 0.25) is 0 Å². The predicted molar refractivity (Wildman–Crippen MR) is 113 cm³/mol. The summed E-state index contributed by atoms with van der Waals surface area (Å²) in [5.41, 5.74) is 3.42. The molecule has 0 bridgehead atoms. The van der Waals surface area contributed by atoms with Gasteiger partial charge in [-0.1, -0.05) is 11.8 Å². The van der Waals surface area contributed by atoms with Gasteiger partial charge in [0.05, 0.1) is 20.8 Å². The van der Waals surface area contributed by atoms with Crippen molar-refractivity contribution in [1.82, 2.24) is 29.4 Å². The van der Waals surface area contributed by atoms with Crippen LogP contribution in [0.25, 0.3) is 11.5 Å². The summed E-state index contributed by atoms with van der Waals surface area (Å²) in [7, 11) is 7.00. The van der Waals surface area contributed by atoms with Crippen molar-refractivity contribution in [1.29, 1.82) is 0 Å². The van der Waals surface area contributed by atoms with E-state index in [0.717, 1.165) is 28.5 Å². The average Bonchev–Trinajstić information content (AvgIpc) is 3.31. The zero-order valence-electron chi connectivity index (χ0n) is 17.7. The van der Waals surface area contributed by atoms with E-state index in [-0.39, 0.29) is 5.91 Å². The molecule has 3 aromatic rings. The van der Waals surface area contributed by atoms with Crippen LogP contribution in [0.15, 0.2) is 23.4 Å². The molecule has 0 saturated heterocycles. The van der Waals surface area contributed by atoms with Crippen molar-refractivity contribution in [2.75, 3.05) is 27.0 Å². The Hall–Kier alpha value is -3.01. The molecule has 30 heavy (non-hydrogen) atoms. The van der Waals surface area contributed by atoms with Gasteiger partial charge in [-0.05, 0) is 18.4 Å². The van der Waals surface area contributed by atoms with E-state index < -0.39 is 0 Å². The molecule has 0 aliphatic carbocycles. The molecular weight excluding hydrogens is 404 g/mol. The number of hydrogen-bond donors (Lipinski definition) is 0. The van der Waals surface area contributed by atoms with Gasteiger partial charge in [-0.2, -0.15) is 5.10 Å². The van der Waals surface area contributed by atoms with Crippen molar-refractivity contribution in [3.8, 4) is 23.0 Å². The van der Waals surface area contributed by atoms with Crippen LogP contribution in [0.4, 0.5) is 0 Å². The molecule has 1 aliphatic rings. The van der Waals surface area contributed by atoms with Crippen LogP contribution in [-0.4, -0.2) is 62.4 Å². The number of amides is 1. The van der Waals surface area contributed by atoms with Gasteiger partial charge in [-0.25, -0.2) is 0 Å². The number of hydrogen-bond acceptors (Lipinski definition) is 7. The second-order valence-electron chi connectivity index (χ2n) is 7.04. The smallest absolute Gasteiger partial charge is 0.254 e. The molecule has 158 valence electrons. The first kappa shape index (κ1) is 20.3. The monoisotopic (exact) mass is 428 g/mol. The lowest BCUT2D eigenvalue weighted by Crippen LogP contribution is -2.36. The predicted octanol–water partition coefficient (Wildman–Crippen LogP) is 2.15. The number of thioether (sulfide) groups is 1. The molecular formula is C20H24N6O3S. The Labute approximate surface area is 179 Å². The summed E-state index contributed by atoms with van der Waals surface area (Å²) in [5.74, 6) is 1.80. The number of fused-ring (bicyclic) bond motifs is 1. The van der Waals surface area contributed by atoms with Gasteiger partial charge >= 0.3 is 0 Å². The Morgan fingerprint density at radius 1 is 1.10 bits per heavy atom. The number of aryl methyl sites for hydroxylation is 1. The summed E-state index contributed by atoms with van der Waals surface area (Å²) < 4.78 is 14.4. The van der Waals surface area contributed by atoms with Crippen LogP contribution in [0.3, 0.4) is 0 Å². The molecule has 0 saturated carbocycles. The minimum absolute atomic E-state index is 0.0737. The van der Waals surface area contributed by atoms with Crippen LogP contribution < -0.4 is 9.47 Å².